The van der Waals surface area contributed by atoms with Gasteiger partial charge in [0.1, 0.15) is 0 Å². The van der Waals surface area contributed by atoms with Gasteiger partial charge in [0.25, 0.3) is 0 Å². The minimum absolute atomic E-state index is 0.0853. The van der Waals surface area contributed by atoms with Crippen LogP contribution in [-0.2, 0) is 23.7 Å². The molecule has 3 heterocycles. The van der Waals surface area contributed by atoms with Crippen LogP contribution in [0.5, 0.6) is 0 Å². The molecule has 0 aromatic rings. The summed E-state index contributed by atoms with van der Waals surface area (Å²) in [5.41, 5.74) is 0. The van der Waals surface area contributed by atoms with Gasteiger partial charge in [-0.25, -0.2) is 4.79 Å². The molecule has 3 aliphatic heterocycles. The van der Waals surface area contributed by atoms with E-state index < -0.39 is 31.1 Å². The van der Waals surface area contributed by atoms with Gasteiger partial charge in [0.2, 0.25) is 12.0 Å². The zero-order valence-corrected chi connectivity index (χ0v) is 12.7. The number of amides is 1. The van der Waals surface area contributed by atoms with E-state index in [9.17, 15) is 14.4 Å². The van der Waals surface area contributed by atoms with E-state index in [1.807, 2.05) is 0 Å². The van der Waals surface area contributed by atoms with Crippen LogP contribution in [0.4, 0.5) is 0 Å². The van der Waals surface area contributed by atoms with Crippen LogP contribution in [-0.4, -0.2) is 79.2 Å². The largest absolute Gasteiger partial charge is 0.552 e. The average molecular weight is 325 g/mol. The fourth-order valence-corrected chi connectivity index (χ4v) is 3.27. The Balaban J connectivity index is 1.56. The minimum Gasteiger partial charge on any atom is -0.506 e. The predicted molar refractivity (Wildman–Crippen MR) is 78.4 cm³/mol. The summed E-state index contributed by atoms with van der Waals surface area (Å²) < 4.78 is 10.2. The predicted octanol–water partition coefficient (Wildman–Crippen LogP) is -2.02. The first-order valence-electron chi connectivity index (χ1n) is 7.88. The summed E-state index contributed by atoms with van der Waals surface area (Å²) in [5.74, 6) is -2.78. The molecule has 3 aliphatic rings. The first kappa shape index (κ1) is 16.2. The maximum atomic E-state index is 12.4. The average Bonchev–Trinajstić information content (AvgIpc) is 3.24. The van der Waals surface area contributed by atoms with E-state index >= 15 is 0 Å². The fraction of sp³-hybridized carbons (Fsp3) is 0.769. The fourth-order valence-electron chi connectivity index (χ4n) is 3.27. The number of carbonyl (C=O) groups is 3. The molecule has 23 heavy (non-hydrogen) atoms. The van der Waals surface area contributed by atoms with Crippen LogP contribution in [0.3, 0.4) is 0 Å². The molecule has 3 atom stereocenters. The van der Waals surface area contributed by atoms with Crippen molar-refractivity contribution in [3.63, 3.8) is 0 Å². The summed E-state index contributed by atoms with van der Waals surface area (Å²) >= 11 is 0. The van der Waals surface area contributed by atoms with Gasteiger partial charge in [-0.1, -0.05) is 0 Å². The number of carboxylic acids is 1. The molecule has 0 bridgehead atoms. The summed E-state index contributed by atoms with van der Waals surface area (Å²) in [6.45, 7) is 2.57. The number of likely N-dealkylation sites (tertiary alicyclic amines) is 1. The highest BCUT2D eigenvalue weighted by atomic mass is 16.7. The second kappa shape index (κ2) is 6.85. The van der Waals surface area contributed by atoms with Crippen LogP contribution < -0.4 is 10.6 Å². The van der Waals surface area contributed by atoms with Crippen molar-refractivity contribution in [3.8, 4) is 0 Å². The van der Waals surface area contributed by atoms with Crippen molar-refractivity contribution in [1.82, 2.24) is 15.5 Å². The van der Waals surface area contributed by atoms with Gasteiger partial charge in [0.05, 0.1) is 12.5 Å². The second-order valence-corrected chi connectivity index (χ2v) is 6.03. The molecule has 0 aliphatic carbocycles. The summed E-state index contributed by atoms with van der Waals surface area (Å²) in [5, 5.41) is 15.3. The number of hydrogen-bond donors (Lipinski definition) is 3. The number of hydrogen-bond acceptors (Lipinski definition) is 7. The van der Waals surface area contributed by atoms with E-state index in [1.54, 1.807) is 4.90 Å². The van der Waals surface area contributed by atoms with Gasteiger partial charge in [-0.05, 0) is 25.8 Å². The van der Waals surface area contributed by atoms with Gasteiger partial charge in [-0.3, -0.25) is 9.59 Å². The van der Waals surface area contributed by atoms with Crippen molar-refractivity contribution in [2.45, 2.75) is 37.3 Å². The Morgan fingerprint density at radius 2 is 2.26 bits per heavy atom. The molecule has 1 amide bonds. The smallest absolute Gasteiger partial charge is 0.506 e. The summed E-state index contributed by atoms with van der Waals surface area (Å²) in [7, 11) is -0.997. The van der Waals surface area contributed by atoms with Crippen molar-refractivity contribution < 1.29 is 28.8 Å². The normalized spacial score (nSPS) is 30.8. The van der Waals surface area contributed by atoms with Crippen LogP contribution in [0.2, 0.25) is 0 Å². The lowest BCUT2D eigenvalue weighted by atomic mass is 9.77. The first-order chi connectivity index (χ1) is 11.1. The highest BCUT2D eigenvalue weighted by molar-refractivity contribution is 6.52. The molecule has 10 heteroatoms. The van der Waals surface area contributed by atoms with Gasteiger partial charge < -0.3 is 29.9 Å². The van der Waals surface area contributed by atoms with E-state index in [0.717, 1.165) is 25.9 Å². The van der Waals surface area contributed by atoms with E-state index in [2.05, 4.69) is 10.6 Å². The van der Waals surface area contributed by atoms with Crippen molar-refractivity contribution in [3.05, 3.63) is 0 Å². The molecule has 126 valence electrons. The molecule has 0 aromatic heterocycles. The van der Waals surface area contributed by atoms with E-state index in [0.29, 0.717) is 13.0 Å². The summed E-state index contributed by atoms with van der Waals surface area (Å²) in [6.07, 6.45) is 0.790. The molecule has 0 spiro atoms. The molecule has 3 saturated heterocycles. The Hall–Kier alpha value is -1.65. The number of rotatable bonds is 5. The molecule has 3 rings (SSSR count). The highest BCUT2D eigenvalue weighted by Crippen LogP contribution is 2.25. The molecule has 3 fully saturated rings. The Morgan fingerprint density at radius 3 is 2.91 bits per heavy atom. The Labute approximate surface area is 133 Å². The van der Waals surface area contributed by atoms with E-state index in [4.69, 9.17) is 14.4 Å². The third-order valence-electron chi connectivity index (χ3n) is 4.48. The molecular formula is C13H20BN3O6. The highest BCUT2D eigenvalue weighted by Gasteiger charge is 2.52. The van der Waals surface area contributed by atoms with Crippen LogP contribution in [0.25, 0.3) is 0 Å². The zero-order valence-electron chi connectivity index (χ0n) is 12.7. The minimum atomic E-state index is -1.60. The quantitative estimate of drug-likeness (QED) is 0.392. The van der Waals surface area contributed by atoms with Gasteiger partial charge in [0, 0.05) is 19.1 Å². The van der Waals surface area contributed by atoms with Crippen molar-refractivity contribution in [2.24, 2.45) is 0 Å². The Morgan fingerprint density at radius 1 is 1.43 bits per heavy atom. The number of nitrogens with zero attached hydrogens (tertiary/aromatic N) is 1. The molecule has 0 aromatic carbocycles. The topological polar surface area (TPSA) is 117 Å². The number of aliphatic carboxylic acids is 1. The van der Waals surface area contributed by atoms with Crippen LogP contribution >= 0.6 is 0 Å². The molecule has 9 nitrogen and oxygen atoms in total. The van der Waals surface area contributed by atoms with Gasteiger partial charge >= 0.3 is 19.1 Å². The van der Waals surface area contributed by atoms with Crippen LogP contribution in [0, 0.1) is 0 Å². The van der Waals surface area contributed by atoms with Crippen molar-refractivity contribution in [1.29, 1.82) is 0 Å². The monoisotopic (exact) mass is 325 g/mol. The Bertz CT molecular complexity index is 498. The van der Waals surface area contributed by atoms with Gasteiger partial charge in [-0.15, -0.1) is 0 Å². The number of nitrogens with one attached hydrogen (secondary N) is 2. The lowest BCUT2D eigenvalue weighted by molar-refractivity contribution is -0.152. The van der Waals surface area contributed by atoms with Crippen LogP contribution in [0.15, 0.2) is 0 Å². The maximum Gasteiger partial charge on any atom is 0.552 e. The SMILES string of the molecule is O=C(O)C1OB([C@@H]2CCCN2C(=O)CN[C@@H]2CCNC2)OC1=O. The molecule has 1 unspecified atom stereocenters. The summed E-state index contributed by atoms with van der Waals surface area (Å²) in [4.78, 5) is 36.4. The lowest BCUT2D eigenvalue weighted by Gasteiger charge is -2.25. The lowest BCUT2D eigenvalue weighted by Crippen LogP contribution is -2.50. The standard InChI is InChI=1S/C13H20BN3O6/c18-10(7-16-8-3-4-15-6-8)17-5-1-2-9(17)14-22-11(12(19)20)13(21)23-14/h8-9,11,15-16H,1-7H2,(H,19,20)/t8-,9+,11?/m1/s1. The summed E-state index contributed by atoms with van der Waals surface area (Å²) in [6, 6.07) is 0.289. The van der Waals surface area contributed by atoms with Crippen LogP contribution in [0.1, 0.15) is 19.3 Å². The second-order valence-electron chi connectivity index (χ2n) is 6.03. The van der Waals surface area contributed by atoms with E-state index in [-0.39, 0.29) is 18.5 Å². The first-order valence-corrected chi connectivity index (χ1v) is 7.88. The third kappa shape index (κ3) is 3.49. The zero-order chi connectivity index (χ0) is 16.4. The molecule has 0 radical (unpaired) electrons. The Kier molecular flexibility index (Phi) is 4.83. The maximum absolute atomic E-state index is 12.4. The number of carboxylic acid groups (broad SMARTS) is 1. The number of carbonyl (C=O) groups excluding carboxylic acids is 2. The molecule has 3 N–H and O–H groups in total. The van der Waals surface area contributed by atoms with Crippen molar-refractivity contribution in [2.75, 3.05) is 26.2 Å². The van der Waals surface area contributed by atoms with Gasteiger partial charge in [0.15, 0.2) is 0 Å². The third-order valence-corrected chi connectivity index (χ3v) is 4.48. The molecule has 0 saturated carbocycles. The van der Waals surface area contributed by atoms with Crippen molar-refractivity contribution >= 4 is 25.0 Å². The molecular weight excluding hydrogens is 305 g/mol. The van der Waals surface area contributed by atoms with Gasteiger partial charge in [-0.2, -0.15) is 0 Å². The van der Waals surface area contributed by atoms with E-state index in [1.165, 1.54) is 0 Å².